The van der Waals surface area contributed by atoms with Crippen LogP contribution in [-0.4, -0.2) is 14.7 Å². The highest BCUT2D eigenvalue weighted by atomic mass is 16.6. The monoisotopic (exact) mass is 184 g/mol. The van der Waals surface area contributed by atoms with Crippen molar-refractivity contribution in [1.82, 2.24) is 9.78 Å². The van der Waals surface area contributed by atoms with Crippen LogP contribution in [0.1, 0.15) is 25.6 Å². The Morgan fingerprint density at radius 3 is 2.38 bits per heavy atom. The summed E-state index contributed by atoms with van der Waals surface area (Å²) in [5, 5.41) is 14.4. The minimum absolute atomic E-state index is 0.0174. The zero-order valence-corrected chi connectivity index (χ0v) is 7.81. The summed E-state index contributed by atoms with van der Waals surface area (Å²) in [5.41, 5.74) is 5.82. The molecule has 0 aliphatic carbocycles. The molecule has 0 fully saturated rings. The van der Waals surface area contributed by atoms with Gasteiger partial charge in [0, 0.05) is 6.04 Å². The number of nitro groups is 1. The summed E-state index contributed by atoms with van der Waals surface area (Å²) < 4.78 is 1.55. The first-order valence-electron chi connectivity index (χ1n) is 3.94. The maximum absolute atomic E-state index is 10.6. The molecule has 0 radical (unpaired) electrons. The van der Waals surface area contributed by atoms with Gasteiger partial charge in [-0.3, -0.25) is 14.8 Å². The van der Waals surface area contributed by atoms with Crippen molar-refractivity contribution in [3.05, 3.63) is 15.8 Å². The van der Waals surface area contributed by atoms with E-state index in [4.69, 9.17) is 5.73 Å². The standard InChI is InChI=1S/C7H12N4O2/c1-4(2)10-5(3)6(11(12)13)7(8)9-10/h4H,1-3H3,(H2,8,9). The van der Waals surface area contributed by atoms with Gasteiger partial charge in [0.15, 0.2) is 0 Å². The van der Waals surface area contributed by atoms with Crippen molar-refractivity contribution in [1.29, 1.82) is 0 Å². The van der Waals surface area contributed by atoms with Crippen molar-refractivity contribution in [2.75, 3.05) is 5.73 Å². The average Bonchev–Trinajstić information content (AvgIpc) is 2.26. The van der Waals surface area contributed by atoms with Gasteiger partial charge < -0.3 is 5.73 Å². The quantitative estimate of drug-likeness (QED) is 0.553. The van der Waals surface area contributed by atoms with E-state index in [1.54, 1.807) is 11.6 Å². The van der Waals surface area contributed by atoms with Crippen molar-refractivity contribution >= 4 is 11.5 Å². The fourth-order valence-electron chi connectivity index (χ4n) is 1.26. The predicted octanol–water partition coefficient (Wildman–Crippen LogP) is 1.26. The Bertz CT molecular complexity index is 343. The van der Waals surface area contributed by atoms with Crippen molar-refractivity contribution in [3.8, 4) is 0 Å². The molecule has 0 aliphatic rings. The van der Waals surface area contributed by atoms with Gasteiger partial charge in [-0.25, -0.2) is 0 Å². The minimum atomic E-state index is -0.503. The summed E-state index contributed by atoms with van der Waals surface area (Å²) in [7, 11) is 0. The minimum Gasteiger partial charge on any atom is -0.376 e. The van der Waals surface area contributed by atoms with Gasteiger partial charge in [0.25, 0.3) is 0 Å². The number of aromatic nitrogens is 2. The smallest absolute Gasteiger partial charge is 0.333 e. The number of hydrogen-bond donors (Lipinski definition) is 1. The van der Waals surface area contributed by atoms with Gasteiger partial charge in [0.1, 0.15) is 5.69 Å². The molecular weight excluding hydrogens is 172 g/mol. The molecule has 1 aromatic heterocycles. The first-order valence-corrected chi connectivity index (χ1v) is 3.94. The Kier molecular flexibility index (Phi) is 2.22. The zero-order chi connectivity index (χ0) is 10.2. The molecule has 1 heterocycles. The van der Waals surface area contributed by atoms with E-state index in [9.17, 15) is 10.1 Å². The van der Waals surface area contributed by atoms with Crippen molar-refractivity contribution in [2.24, 2.45) is 0 Å². The molecule has 0 amide bonds. The first kappa shape index (κ1) is 9.50. The van der Waals surface area contributed by atoms with Gasteiger partial charge >= 0.3 is 5.69 Å². The molecule has 0 unspecified atom stereocenters. The second kappa shape index (κ2) is 3.04. The maximum atomic E-state index is 10.6. The molecule has 13 heavy (non-hydrogen) atoms. The van der Waals surface area contributed by atoms with E-state index in [1.165, 1.54) is 0 Å². The molecule has 72 valence electrons. The predicted molar refractivity (Wildman–Crippen MR) is 48.4 cm³/mol. The summed E-state index contributed by atoms with van der Waals surface area (Å²) in [5.74, 6) is -0.0174. The largest absolute Gasteiger partial charge is 0.376 e. The summed E-state index contributed by atoms with van der Waals surface area (Å²) in [6.45, 7) is 5.42. The Morgan fingerprint density at radius 2 is 2.15 bits per heavy atom. The molecule has 6 heteroatoms. The molecule has 0 aromatic carbocycles. The van der Waals surface area contributed by atoms with Crippen LogP contribution in [0.4, 0.5) is 11.5 Å². The molecular formula is C7H12N4O2. The Balaban J connectivity index is 3.30. The Labute approximate surface area is 75.5 Å². The molecule has 0 bridgehead atoms. The lowest BCUT2D eigenvalue weighted by Crippen LogP contribution is -2.05. The molecule has 0 atom stereocenters. The number of nitrogens with two attached hydrogens (primary N) is 1. The third-order valence-electron chi connectivity index (χ3n) is 1.82. The van der Waals surface area contributed by atoms with Crippen LogP contribution < -0.4 is 5.73 Å². The second-order valence-electron chi connectivity index (χ2n) is 3.11. The molecule has 1 aromatic rings. The van der Waals surface area contributed by atoms with E-state index in [0.717, 1.165) is 0 Å². The summed E-state index contributed by atoms with van der Waals surface area (Å²) in [4.78, 5) is 10.0. The maximum Gasteiger partial charge on any atom is 0.333 e. The normalized spacial score (nSPS) is 10.8. The second-order valence-corrected chi connectivity index (χ2v) is 3.11. The Morgan fingerprint density at radius 1 is 1.62 bits per heavy atom. The van der Waals surface area contributed by atoms with E-state index in [-0.39, 0.29) is 17.5 Å². The van der Waals surface area contributed by atoms with Crippen LogP contribution in [-0.2, 0) is 0 Å². The van der Waals surface area contributed by atoms with Gasteiger partial charge in [-0.2, -0.15) is 0 Å². The van der Waals surface area contributed by atoms with Gasteiger partial charge in [-0.05, 0) is 20.8 Å². The molecule has 6 nitrogen and oxygen atoms in total. The Hall–Kier alpha value is -1.59. The zero-order valence-electron chi connectivity index (χ0n) is 7.81. The number of nitrogen functional groups attached to an aromatic ring is 1. The van der Waals surface area contributed by atoms with Crippen LogP contribution in [0.3, 0.4) is 0 Å². The van der Waals surface area contributed by atoms with Gasteiger partial charge in [-0.1, -0.05) is 0 Å². The van der Waals surface area contributed by atoms with Crippen molar-refractivity contribution < 1.29 is 4.92 Å². The highest BCUT2D eigenvalue weighted by Crippen LogP contribution is 2.26. The molecule has 2 N–H and O–H groups in total. The lowest BCUT2D eigenvalue weighted by Gasteiger charge is -2.05. The van der Waals surface area contributed by atoms with Crippen molar-refractivity contribution in [2.45, 2.75) is 26.8 Å². The molecule has 1 rings (SSSR count). The summed E-state index contributed by atoms with van der Waals surface area (Å²) in [6, 6.07) is 0.0796. The number of nitrogens with zero attached hydrogens (tertiary/aromatic N) is 3. The summed E-state index contributed by atoms with van der Waals surface area (Å²) >= 11 is 0. The first-order chi connectivity index (χ1) is 5.95. The SMILES string of the molecule is Cc1c([N+](=O)[O-])c(N)nn1C(C)C. The molecule has 0 saturated heterocycles. The molecule has 0 saturated carbocycles. The third-order valence-corrected chi connectivity index (χ3v) is 1.82. The summed E-state index contributed by atoms with van der Waals surface area (Å²) in [6.07, 6.45) is 0. The number of rotatable bonds is 2. The molecule has 0 aliphatic heterocycles. The van der Waals surface area contributed by atoms with E-state index < -0.39 is 4.92 Å². The van der Waals surface area contributed by atoms with E-state index in [0.29, 0.717) is 5.69 Å². The third kappa shape index (κ3) is 1.47. The van der Waals surface area contributed by atoms with Gasteiger partial charge in [0.05, 0.1) is 4.92 Å². The lowest BCUT2D eigenvalue weighted by molar-refractivity contribution is -0.384. The highest BCUT2D eigenvalue weighted by molar-refractivity contribution is 5.55. The van der Waals surface area contributed by atoms with Crippen LogP contribution in [0.25, 0.3) is 0 Å². The fourth-order valence-corrected chi connectivity index (χ4v) is 1.26. The average molecular weight is 184 g/mol. The number of anilines is 1. The van der Waals surface area contributed by atoms with Crippen LogP contribution in [0.2, 0.25) is 0 Å². The van der Waals surface area contributed by atoms with Crippen LogP contribution in [0.5, 0.6) is 0 Å². The number of hydrogen-bond acceptors (Lipinski definition) is 4. The van der Waals surface area contributed by atoms with Crippen LogP contribution in [0, 0.1) is 17.0 Å². The topological polar surface area (TPSA) is 87.0 Å². The highest BCUT2D eigenvalue weighted by Gasteiger charge is 2.23. The fraction of sp³-hybridized carbons (Fsp3) is 0.571. The van der Waals surface area contributed by atoms with Gasteiger partial charge in [-0.15, -0.1) is 5.10 Å². The molecule has 0 spiro atoms. The van der Waals surface area contributed by atoms with Gasteiger partial charge in [0.2, 0.25) is 5.82 Å². The van der Waals surface area contributed by atoms with Crippen molar-refractivity contribution in [3.63, 3.8) is 0 Å². The van der Waals surface area contributed by atoms with Crippen LogP contribution >= 0.6 is 0 Å². The van der Waals surface area contributed by atoms with E-state index in [1.807, 2.05) is 13.8 Å². The van der Waals surface area contributed by atoms with E-state index >= 15 is 0 Å². The van der Waals surface area contributed by atoms with E-state index in [2.05, 4.69) is 5.10 Å². The van der Waals surface area contributed by atoms with Crippen LogP contribution in [0.15, 0.2) is 0 Å². The lowest BCUT2D eigenvalue weighted by atomic mass is 10.3.